The topological polar surface area (TPSA) is 75.8 Å². The molecule has 0 aromatic heterocycles. The summed E-state index contributed by atoms with van der Waals surface area (Å²) in [4.78, 5) is 31.0. The van der Waals surface area contributed by atoms with Gasteiger partial charge < -0.3 is 5.73 Å². The second-order valence-electron chi connectivity index (χ2n) is 7.63. The smallest absolute Gasteiger partial charge is 0.257 e. The predicted octanol–water partition coefficient (Wildman–Crippen LogP) is 2.63. The molecule has 0 aromatic rings. The molecule has 0 bridgehead atoms. The lowest BCUT2D eigenvalue weighted by atomic mass is 9.70. The highest BCUT2D eigenvalue weighted by Crippen LogP contribution is 2.42. The van der Waals surface area contributed by atoms with Gasteiger partial charge in [-0.1, -0.05) is 32.1 Å². The van der Waals surface area contributed by atoms with Crippen LogP contribution in [0.15, 0.2) is 4.99 Å². The van der Waals surface area contributed by atoms with Gasteiger partial charge in [-0.15, -0.1) is 0 Å². The van der Waals surface area contributed by atoms with Crippen LogP contribution in [0.4, 0.5) is 0 Å². The van der Waals surface area contributed by atoms with Gasteiger partial charge in [0.1, 0.15) is 11.3 Å². The minimum absolute atomic E-state index is 0.00510. The minimum Gasteiger partial charge on any atom is -0.369 e. The van der Waals surface area contributed by atoms with Crippen molar-refractivity contribution in [3.8, 4) is 0 Å². The summed E-state index contributed by atoms with van der Waals surface area (Å²) in [6.45, 7) is 0. The van der Waals surface area contributed by atoms with Gasteiger partial charge >= 0.3 is 0 Å². The first-order valence-electron chi connectivity index (χ1n) is 9.18. The van der Waals surface area contributed by atoms with E-state index in [2.05, 4.69) is 4.99 Å². The molecule has 1 unspecified atom stereocenters. The fourth-order valence-corrected chi connectivity index (χ4v) is 4.69. The number of nitrogens with two attached hydrogens (primary N) is 1. The maximum Gasteiger partial charge on any atom is 0.257 e. The van der Waals surface area contributed by atoms with Crippen molar-refractivity contribution in [2.45, 2.75) is 76.2 Å². The van der Waals surface area contributed by atoms with Gasteiger partial charge in [0.15, 0.2) is 5.96 Å². The lowest BCUT2D eigenvalue weighted by molar-refractivity contribution is -0.134. The number of rotatable bonds is 4. The molecule has 2 N–H and O–H groups in total. The SMILES string of the molecule is CN1C(=O)[C@@](CCC2CCCCC2)(C2CCCC(=O)C2)N=C1N. The normalized spacial score (nSPS) is 33.2. The van der Waals surface area contributed by atoms with Gasteiger partial charge in [-0.2, -0.15) is 0 Å². The van der Waals surface area contributed by atoms with Crippen molar-refractivity contribution in [2.75, 3.05) is 7.05 Å². The highest BCUT2D eigenvalue weighted by molar-refractivity contribution is 6.07. The Labute approximate surface area is 138 Å². The Balaban J connectivity index is 1.79. The van der Waals surface area contributed by atoms with Gasteiger partial charge in [0.05, 0.1) is 0 Å². The first-order valence-corrected chi connectivity index (χ1v) is 9.18. The lowest BCUT2D eigenvalue weighted by Crippen LogP contribution is -2.48. The molecule has 0 aromatic carbocycles. The van der Waals surface area contributed by atoms with Gasteiger partial charge in [0.2, 0.25) is 0 Å². The van der Waals surface area contributed by atoms with Gasteiger partial charge in [0.25, 0.3) is 5.91 Å². The number of hydrogen-bond donors (Lipinski definition) is 1. The molecule has 5 nitrogen and oxygen atoms in total. The van der Waals surface area contributed by atoms with E-state index < -0.39 is 5.54 Å². The Morgan fingerprint density at radius 2 is 1.91 bits per heavy atom. The average molecular weight is 319 g/mol. The van der Waals surface area contributed by atoms with Crippen molar-refractivity contribution in [2.24, 2.45) is 22.6 Å². The van der Waals surface area contributed by atoms with Crippen LogP contribution in [0, 0.1) is 11.8 Å². The van der Waals surface area contributed by atoms with Crippen LogP contribution in [0.2, 0.25) is 0 Å². The Hall–Kier alpha value is -1.39. The molecule has 0 radical (unpaired) electrons. The molecule has 1 aliphatic heterocycles. The summed E-state index contributed by atoms with van der Waals surface area (Å²) in [6, 6.07) is 0. The largest absolute Gasteiger partial charge is 0.369 e. The number of carbonyl (C=O) groups is 2. The van der Waals surface area contributed by atoms with Gasteiger partial charge in [-0.05, 0) is 31.6 Å². The van der Waals surface area contributed by atoms with E-state index in [9.17, 15) is 9.59 Å². The number of ketones is 1. The maximum absolute atomic E-state index is 12.9. The monoisotopic (exact) mass is 319 g/mol. The Kier molecular flexibility index (Phi) is 4.74. The number of hydrogen-bond acceptors (Lipinski definition) is 4. The number of nitrogens with zero attached hydrogens (tertiary/aromatic N) is 2. The highest BCUT2D eigenvalue weighted by atomic mass is 16.2. The summed E-state index contributed by atoms with van der Waals surface area (Å²) in [7, 11) is 1.70. The number of amides is 1. The molecule has 3 rings (SSSR count). The number of likely N-dealkylation sites (N-methyl/N-ethyl adjacent to an activating group) is 1. The Morgan fingerprint density at radius 1 is 1.17 bits per heavy atom. The van der Waals surface area contributed by atoms with Crippen LogP contribution in [-0.2, 0) is 9.59 Å². The van der Waals surface area contributed by atoms with E-state index in [-0.39, 0.29) is 17.6 Å². The number of carbonyl (C=O) groups excluding carboxylic acids is 2. The zero-order valence-corrected chi connectivity index (χ0v) is 14.2. The molecule has 5 heteroatoms. The molecular weight excluding hydrogens is 290 g/mol. The van der Waals surface area contributed by atoms with Crippen molar-refractivity contribution in [3.63, 3.8) is 0 Å². The number of Topliss-reactive ketones (excluding diaryl/α,β-unsaturated/α-hetero) is 1. The molecular formula is C18H29N3O2. The molecule has 0 spiro atoms. The third-order valence-electron chi connectivity index (χ3n) is 6.15. The van der Waals surface area contributed by atoms with Crippen molar-refractivity contribution in [1.82, 2.24) is 4.90 Å². The quantitative estimate of drug-likeness (QED) is 0.865. The van der Waals surface area contributed by atoms with Gasteiger partial charge in [-0.3, -0.25) is 14.5 Å². The fourth-order valence-electron chi connectivity index (χ4n) is 4.69. The van der Waals surface area contributed by atoms with Crippen LogP contribution in [0.3, 0.4) is 0 Å². The average Bonchev–Trinajstić information content (AvgIpc) is 2.79. The molecule has 2 atom stereocenters. The molecule has 0 saturated heterocycles. The van der Waals surface area contributed by atoms with Crippen LogP contribution in [0.5, 0.6) is 0 Å². The van der Waals surface area contributed by atoms with Crippen molar-refractivity contribution in [3.05, 3.63) is 0 Å². The van der Waals surface area contributed by atoms with Gasteiger partial charge in [-0.25, -0.2) is 4.99 Å². The van der Waals surface area contributed by atoms with Crippen LogP contribution in [-0.4, -0.2) is 35.1 Å². The Morgan fingerprint density at radius 3 is 2.52 bits per heavy atom. The van der Waals surface area contributed by atoms with E-state index in [1.165, 1.54) is 37.0 Å². The third kappa shape index (κ3) is 3.15. The molecule has 1 heterocycles. The summed E-state index contributed by atoms with van der Waals surface area (Å²) in [5.74, 6) is 1.33. The zero-order chi connectivity index (χ0) is 16.4. The van der Waals surface area contributed by atoms with Crippen LogP contribution >= 0.6 is 0 Å². The number of guanidine groups is 1. The lowest BCUT2D eigenvalue weighted by Gasteiger charge is -2.36. The molecule has 1 amide bonds. The summed E-state index contributed by atoms with van der Waals surface area (Å²) in [5.41, 5.74) is 5.19. The summed E-state index contributed by atoms with van der Waals surface area (Å²) in [6.07, 6.45) is 11.2. The van der Waals surface area contributed by atoms with Crippen LogP contribution in [0.25, 0.3) is 0 Å². The molecule has 2 aliphatic carbocycles. The van der Waals surface area contributed by atoms with Gasteiger partial charge in [0, 0.05) is 25.8 Å². The Bertz CT molecular complexity index is 510. The maximum atomic E-state index is 12.9. The third-order valence-corrected chi connectivity index (χ3v) is 6.15. The molecule has 128 valence electrons. The van der Waals surface area contributed by atoms with Crippen molar-refractivity contribution in [1.29, 1.82) is 0 Å². The molecule has 2 fully saturated rings. The van der Waals surface area contributed by atoms with Crippen molar-refractivity contribution >= 4 is 17.6 Å². The molecule has 2 saturated carbocycles. The molecule has 23 heavy (non-hydrogen) atoms. The minimum atomic E-state index is -0.771. The standard InChI is InChI=1S/C18H29N3O2/c1-21-16(23)18(20-17(21)19,14-8-5-9-15(22)12-14)11-10-13-6-3-2-4-7-13/h13-14H,2-12H2,1H3,(H2,19,20)/t14?,18-/m1/s1. The molecule has 3 aliphatic rings. The van der Waals surface area contributed by atoms with E-state index in [1.807, 2.05) is 0 Å². The van der Waals surface area contributed by atoms with Crippen LogP contribution in [0.1, 0.15) is 70.6 Å². The van der Waals surface area contributed by atoms with Crippen LogP contribution < -0.4 is 5.73 Å². The predicted molar refractivity (Wildman–Crippen MR) is 89.9 cm³/mol. The zero-order valence-electron chi connectivity index (χ0n) is 14.2. The van der Waals surface area contributed by atoms with E-state index in [0.29, 0.717) is 24.7 Å². The number of aliphatic imine (C=N–C) groups is 1. The highest BCUT2D eigenvalue weighted by Gasteiger charge is 2.52. The summed E-state index contributed by atoms with van der Waals surface area (Å²) < 4.78 is 0. The van der Waals surface area contributed by atoms with Crippen molar-refractivity contribution < 1.29 is 9.59 Å². The summed E-state index contributed by atoms with van der Waals surface area (Å²) >= 11 is 0. The van der Waals surface area contributed by atoms with E-state index in [0.717, 1.165) is 25.7 Å². The second kappa shape index (κ2) is 6.62. The summed E-state index contributed by atoms with van der Waals surface area (Å²) in [5, 5.41) is 0. The van der Waals surface area contributed by atoms with E-state index in [4.69, 9.17) is 5.73 Å². The van der Waals surface area contributed by atoms with E-state index in [1.54, 1.807) is 7.05 Å². The second-order valence-corrected chi connectivity index (χ2v) is 7.63. The fraction of sp³-hybridized carbons (Fsp3) is 0.833. The first-order chi connectivity index (χ1) is 11.0. The first kappa shape index (κ1) is 16.5. The van der Waals surface area contributed by atoms with E-state index >= 15 is 0 Å².